The summed E-state index contributed by atoms with van der Waals surface area (Å²) in [6, 6.07) is -0.937. The van der Waals surface area contributed by atoms with Crippen molar-refractivity contribution in [2.75, 3.05) is 6.54 Å². The Morgan fingerprint density at radius 1 is 1.39 bits per heavy atom. The minimum Gasteiger partial charge on any atom is -0.759 e. The molecule has 0 aliphatic carbocycles. The van der Waals surface area contributed by atoms with Crippen LogP contribution in [0.25, 0.3) is 0 Å². The van der Waals surface area contributed by atoms with E-state index in [1.165, 1.54) is 0 Å². The van der Waals surface area contributed by atoms with Gasteiger partial charge in [0.25, 0.3) is 0 Å². The average molecular weight is 334 g/mol. The number of carbonyl (C=O) groups excluding carboxylic acids is 1. The number of carbonyl (C=O) groups is 2. The first-order valence-electron chi connectivity index (χ1n) is 4.49. The van der Waals surface area contributed by atoms with Crippen LogP contribution < -0.4 is 11.1 Å². The van der Waals surface area contributed by atoms with E-state index in [-0.39, 0.29) is 35.8 Å². The molecule has 0 aromatic rings. The number of aliphatic carboxylic acids is 1. The molecule has 0 heterocycles. The van der Waals surface area contributed by atoms with E-state index in [0.29, 0.717) is 6.54 Å². The van der Waals surface area contributed by atoms with Gasteiger partial charge in [0.05, 0.1) is 0 Å². The molecule has 0 spiro atoms. The quantitative estimate of drug-likeness (QED) is 0.293. The van der Waals surface area contributed by atoms with Gasteiger partial charge in [0.1, 0.15) is 6.04 Å². The predicted molar refractivity (Wildman–Crippen MR) is 54.0 cm³/mol. The Bertz CT molecular complexity index is 338. The van der Waals surface area contributed by atoms with E-state index in [1.54, 1.807) is 6.92 Å². The van der Waals surface area contributed by atoms with Gasteiger partial charge in [-0.25, -0.2) is 0 Å². The Hall–Kier alpha value is -0.711. The third-order valence-corrected chi connectivity index (χ3v) is 1.37. The third kappa shape index (κ3) is 24.5. The van der Waals surface area contributed by atoms with E-state index in [0.717, 1.165) is 0 Å². The molecule has 11 heteroatoms. The van der Waals surface area contributed by atoms with Crippen molar-refractivity contribution in [3.63, 3.8) is 0 Å². The van der Waals surface area contributed by atoms with Crippen molar-refractivity contribution in [3.05, 3.63) is 0 Å². The second-order valence-corrected chi connectivity index (χ2v) is 3.66. The first kappa shape index (κ1) is 22.5. The minimum atomic E-state index is -5.17. The molecule has 0 aliphatic heterocycles. The van der Waals surface area contributed by atoms with Crippen molar-refractivity contribution in [1.29, 1.82) is 0 Å². The third-order valence-electron chi connectivity index (χ3n) is 1.37. The van der Waals surface area contributed by atoms with Crippen molar-refractivity contribution >= 4 is 22.3 Å². The van der Waals surface area contributed by atoms with E-state index in [4.69, 9.17) is 28.4 Å². The predicted octanol–water partition coefficient (Wildman–Crippen LogP) is -2.03. The number of carboxylic acids is 1. The van der Waals surface area contributed by atoms with Gasteiger partial charge in [-0.15, -0.1) is 0 Å². The van der Waals surface area contributed by atoms with Crippen LogP contribution in [-0.4, -0.2) is 47.1 Å². The molecule has 1 amide bonds. The Labute approximate surface area is 115 Å². The molecule has 0 rings (SSSR count). The Balaban J connectivity index is -0.000000321. The van der Waals surface area contributed by atoms with E-state index in [2.05, 4.69) is 5.32 Å². The summed E-state index contributed by atoms with van der Waals surface area (Å²) in [4.78, 5) is 21.0. The number of rotatable bonds is 5. The fourth-order valence-electron chi connectivity index (χ4n) is 0.696. The normalized spacial score (nSPS) is 11.3. The molecule has 1 unspecified atom stereocenters. The van der Waals surface area contributed by atoms with Crippen LogP contribution in [0.2, 0.25) is 0 Å². The smallest absolute Gasteiger partial charge is 0.759 e. The first-order chi connectivity index (χ1) is 7.57. The van der Waals surface area contributed by atoms with E-state index in [9.17, 15) is 9.59 Å². The van der Waals surface area contributed by atoms with Crippen LogP contribution >= 0.6 is 0 Å². The minimum absolute atomic E-state index is 0. The van der Waals surface area contributed by atoms with Crippen LogP contribution in [0.15, 0.2) is 0 Å². The van der Waals surface area contributed by atoms with Gasteiger partial charge in [-0.3, -0.25) is 18.0 Å². The zero-order valence-corrected chi connectivity index (χ0v) is 11.1. The standard InChI is InChI=1S/C7H14N2O3.Cu.H2O4S/c1-2-9-6(10)4-3-5(8)7(11)12;;1-5(2,3)4/h5H,2-4,8H2,1H3,(H,9,10)(H,11,12);;(H2,1,2,3,4)/q;+2;/p-2. The van der Waals surface area contributed by atoms with E-state index < -0.39 is 22.4 Å². The first-order valence-corrected chi connectivity index (χ1v) is 5.83. The molecule has 1 atom stereocenters. The van der Waals surface area contributed by atoms with E-state index >= 15 is 0 Å². The zero-order chi connectivity index (χ0) is 14.1. The van der Waals surface area contributed by atoms with Crippen LogP contribution in [0.3, 0.4) is 0 Å². The van der Waals surface area contributed by atoms with Crippen molar-refractivity contribution in [2.24, 2.45) is 5.73 Å². The summed E-state index contributed by atoms with van der Waals surface area (Å²) < 4.78 is 34.1. The molecule has 0 fully saturated rings. The Morgan fingerprint density at radius 2 is 1.78 bits per heavy atom. The number of hydrogen-bond donors (Lipinski definition) is 3. The van der Waals surface area contributed by atoms with Gasteiger partial charge in [-0.1, -0.05) is 0 Å². The van der Waals surface area contributed by atoms with Crippen molar-refractivity contribution in [3.8, 4) is 0 Å². The molecular weight excluding hydrogens is 320 g/mol. The summed E-state index contributed by atoms with van der Waals surface area (Å²) >= 11 is 0. The molecule has 4 N–H and O–H groups in total. The molecule has 0 saturated heterocycles. The number of nitrogens with two attached hydrogens (primary N) is 1. The molecule has 0 saturated carbocycles. The topological polar surface area (TPSA) is 173 Å². The van der Waals surface area contributed by atoms with Crippen LogP contribution in [-0.2, 0) is 37.1 Å². The molecule has 0 aromatic heterocycles. The fraction of sp³-hybridized carbons (Fsp3) is 0.714. The molecule has 0 bridgehead atoms. The number of amides is 1. The molecule has 0 aliphatic rings. The van der Waals surface area contributed by atoms with Gasteiger partial charge < -0.3 is 25.3 Å². The fourth-order valence-corrected chi connectivity index (χ4v) is 0.696. The van der Waals surface area contributed by atoms with Gasteiger partial charge in [0, 0.05) is 23.4 Å². The largest absolute Gasteiger partial charge is 2.00 e. The molecule has 18 heavy (non-hydrogen) atoms. The van der Waals surface area contributed by atoms with Gasteiger partial charge in [-0.2, -0.15) is 0 Å². The maximum atomic E-state index is 10.8. The van der Waals surface area contributed by atoms with E-state index in [1.807, 2.05) is 0 Å². The zero-order valence-electron chi connectivity index (χ0n) is 9.38. The van der Waals surface area contributed by atoms with Gasteiger partial charge in [0.15, 0.2) is 0 Å². The Kier molecular flexibility index (Phi) is 14.2. The molecular formula is C7H14CuN2O7S. The van der Waals surface area contributed by atoms with Crippen LogP contribution in [0.1, 0.15) is 19.8 Å². The average Bonchev–Trinajstić information content (AvgIpc) is 2.11. The second kappa shape index (κ2) is 11.4. The monoisotopic (exact) mass is 333 g/mol. The second-order valence-electron chi connectivity index (χ2n) is 2.85. The summed E-state index contributed by atoms with van der Waals surface area (Å²) in [5, 5.41) is 10.9. The number of carboxylic acid groups (broad SMARTS) is 1. The molecule has 9 nitrogen and oxygen atoms in total. The van der Waals surface area contributed by atoms with Gasteiger partial charge in [0.2, 0.25) is 5.91 Å². The summed E-state index contributed by atoms with van der Waals surface area (Å²) in [7, 11) is -5.17. The summed E-state index contributed by atoms with van der Waals surface area (Å²) in [6.07, 6.45) is 0.350. The van der Waals surface area contributed by atoms with Crippen LogP contribution in [0.4, 0.5) is 0 Å². The SMILES string of the molecule is CCNC(=O)CCC(N)C(=O)O.O=S(=O)([O-])[O-].[Cu+2]. The molecule has 1 radical (unpaired) electrons. The number of nitrogens with one attached hydrogen (secondary N) is 1. The molecule has 0 aromatic carbocycles. The summed E-state index contributed by atoms with van der Waals surface area (Å²) in [5.41, 5.74) is 5.18. The van der Waals surface area contributed by atoms with Crippen molar-refractivity contribution in [1.82, 2.24) is 5.32 Å². The van der Waals surface area contributed by atoms with Crippen molar-refractivity contribution < 1.29 is 49.3 Å². The number of hydrogen-bond acceptors (Lipinski definition) is 7. The van der Waals surface area contributed by atoms with Crippen LogP contribution in [0, 0.1) is 0 Å². The van der Waals surface area contributed by atoms with Gasteiger partial charge in [-0.05, 0) is 13.3 Å². The van der Waals surface area contributed by atoms with Gasteiger partial charge >= 0.3 is 23.0 Å². The maximum absolute atomic E-state index is 10.8. The van der Waals surface area contributed by atoms with Crippen molar-refractivity contribution in [2.45, 2.75) is 25.8 Å². The Morgan fingerprint density at radius 3 is 2.06 bits per heavy atom. The summed E-state index contributed by atoms with van der Waals surface area (Å²) in [5.74, 6) is -1.23. The maximum Gasteiger partial charge on any atom is 2.00 e. The summed E-state index contributed by atoms with van der Waals surface area (Å²) in [6.45, 7) is 2.36. The van der Waals surface area contributed by atoms with Crippen LogP contribution in [0.5, 0.6) is 0 Å². The molecule has 111 valence electrons.